The van der Waals surface area contributed by atoms with Crippen LogP contribution < -0.4 is 4.74 Å². The fourth-order valence-electron chi connectivity index (χ4n) is 5.80. The minimum atomic E-state index is -1.29. The lowest BCUT2D eigenvalue weighted by Crippen LogP contribution is -2.57. The minimum absolute atomic E-state index is 0.179. The molecular weight excluding hydrogens is 536 g/mol. The van der Waals surface area contributed by atoms with Gasteiger partial charge in [0, 0.05) is 36.6 Å². The number of thiazole rings is 1. The van der Waals surface area contributed by atoms with Crippen LogP contribution >= 0.6 is 11.3 Å². The molecule has 1 amide bonds. The second-order valence-corrected chi connectivity index (χ2v) is 13.7. The van der Waals surface area contributed by atoms with Crippen LogP contribution in [0.5, 0.6) is 5.75 Å². The second kappa shape index (κ2) is 11.9. The molecule has 7 nitrogen and oxygen atoms in total. The zero-order valence-electron chi connectivity index (χ0n) is 25.4. The number of methoxy groups -OCH3 is 2. The predicted octanol–water partition coefficient (Wildman–Crippen LogP) is 6.62. The maximum Gasteiger partial charge on any atom is 0.332 e. The van der Waals surface area contributed by atoms with E-state index in [1.165, 1.54) is 11.3 Å². The van der Waals surface area contributed by atoms with Crippen molar-refractivity contribution < 1.29 is 23.8 Å². The Morgan fingerprint density at radius 3 is 2.32 bits per heavy atom. The highest BCUT2D eigenvalue weighted by molar-refractivity contribution is 7.09. The standard InChI is InChI=1S/C33H42N2O5S/c1-31(2,3)25-15-14-23(18-26(25)39-8)29(36)35-27(28-34-16-17-41-28)24(21-38-7)20-33(35,30(37)40-32(4,5)6)19-22-12-10-9-11-13-22/h9-18,24,27H,19-21H2,1-8H3/t24-,27+,33-/m0/s1. The fourth-order valence-corrected chi connectivity index (χ4v) is 6.62. The monoisotopic (exact) mass is 578 g/mol. The molecule has 2 aromatic carbocycles. The number of hydrogen-bond acceptors (Lipinski definition) is 7. The molecule has 1 aliphatic rings. The SMILES string of the molecule is COC[C@@H]1C[C@@](Cc2ccccc2)(C(=O)OC(C)(C)C)N(C(=O)c2ccc(C(C)(C)C)c(OC)c2)[C@H]1c1nccs1. The summed E-state index contributed by atoms with van der Waals surface area (Å²) in [4.78, 5) is 35.6. The highest BCUT2D eigenvalue weighted by atomic mass is 32.1. The summed E-state index contributed by atoms with van der Waals surface area (Å²) >= 11 is 1.47. The summed E-state index contributed by atoms with van der Waals surface area (Å²) in [6, 6.07) is 14.9. The Morgan fingerprint density at radius 1 is 1.05 bits per heavy atom. The fraction of sp³-hybridized carbons (Fsp3) is 0.485. The van der Waals surface area contributed by atoms with Crippen molar-refractivity contribution in [1.82, 2.24) is 9.88 Å². The molecule has 3 aromatic rings. The zero-order chi connectivity index (χ0) is 30.0. The molecule has 0 N–H and O–H groups in total. The number of benzene rings is 2. The maximum absolute atomic E-state index is 14.8. The van der Waals surface area contributed by atoms with Gasteiger partial charge in [0.05, 0.1) is 19.8 Å². The first-order chi connectivity index (χ1) is 19.3. The number of likely N-dealkylation sites (tertiary alicyclic amines) is 1. The normalized spacial score (nSPS) is 21.1. The van der Waals surface area contributed by atoms with Crippen molar-refractivity contribution in [3.63, 3.8) is 0 Å². The molecule has 0 unspecified atom stereocenters. The molecule has 2 heterocycles. The van der Waals surface area contributed by atoms with Crippen molar-refractivity contribution >= 4 is 23.2 Å². The zero-order valence-corrected chi connectivity index (χ0v) is 26.2. The Labute approximate surface area is 247 Å². The number of nitrogens with zero attached hydrogens (tertiary/aromatic N) is 2. The molecule has 0 bridgehead atoms. The van der Waals surface area contributed by atoms with E-state index in [4.69, 9.17) is 14.2 Å². The number of carbonyl (C=O) groups is 2. The molecule has 1 aromatic heterocycles. The van der Waals surface area contributed by atoms with Crippen LogP contribution in [0.1, 0.15) is 80.5 Å². The van der Waals surface area contributed by atoms with Crippen LogP contribution in [0.2, 0.25) is 0 Å². The van der Waals surface area contributed by atoms with Gasteiger partial charge < -0.3 is 19.1 Å². The predicted molar refractivity (Wildman–Crippen MR) is 161 cm³/mol. The second-order valence-electron chi connectivity index (χ2n) is 12.8. The highest BCUT2D eigenvalue weighted by Crippen LogP contribution is 2.51. The van der Waals surface area contributed by atoms with E-state index in [0.29, 0.717) is 30.8 Å². The molecule has 0 saturated carbocycles. The van der Waals surface area contributed by atoms with Gasteiger partial charge in [-0.05, 0) is 55.9 Å². The Kier molecular flexibility index (Phi) is 8.95. The van der Waals surface area contributed by atoms with Crippen LogP contribution in [0.4, 0.5) is 0 Å². The van der Waals surface area contributed by atoms with Crippen LogP contribution in [-0.2, 0) is 26.1 Å². The molecule has 0 radical (unpaired) electrons. The van der Waals surface area contributed by atoms with E-state index < -0.39 is 23.2 Å². The Balaban J connectivity index is 1.95. The quantitative estimate of drug-likeness (QED) is 0.280. The molecule has 1 aliphatic heterocycles. The van der Waals surface area contributed by atoms with Gasteiger partial charge >= 0.3 is 5.97 Å². The van der Waals surface area contributed by atoms with Gasteiger partial charge in [-0.3, -0.25) is 4.79 Å². The van der Waals surface area contributed by atoms with Gasteiger partial charge in [-0.25, -0.2) is 9.78 Å². The van der Waals surface area contributed by atoms with Crippen molar-refractivity contribution in [3.05, 3.63) is 81.8 Å². The van der Waals surface area contributed by atoms with E-state index in [1.54, 1.807) is 31.4 Å². The summed E-state index contributed by atoms with van der Waals surface area (Å²) in [6.07, 6.45) is 2.41. The molecule has 220 valence electrons. The third kappa shape index (κ3) is 6.49. The van der Waals surface area contributed by atoms with Gasteiger partial charge in [0.25, 0.3) is 5.91 Å². The lowest BCUT2D eigenvalue weighted by molar-refractivity contribution is -0.167. The first kappa shape index (κ1) is 30.7. The van der Waals surface area contributed by atoms with Gasteiger partial charge in [-0.2, -0.15) is 0 Å². The van der Waals surface area contributed by atoms with E-state index in [9.17, 15) is 9.59 Å². The van der Waals surface area contributed by atoms with Crippen molar-refractivity contribution in [2.45, 2.75) is 77.0 Å². The number of amides is 1. The van der Waals surface area contributed by atoms with Gasteiger partial charge in [0.2, 0.25) is 0 Å². The van der Waals surface area contributed by atoms with Gasteiger partial charge in [-0.1, -0.05) is 57.2 Å². The molecule has 1 saturated heterocycles. The Bertz CT molecular complexity index is 1340. The average Bonchev–Trinajstić information content (AvgIpc) is 3.54. The van der Waals surface area contributed by atoms with Crippen LogP contribution in [0.25, 0.3) is 0 Å². The highest BCUT2D eigenvalue weighted by Gasteiger charge is 2.60. The number of ether oxygens (including phenoxy) is 3. The van der Waals surface area contributed by atoms with E-state index >= 15 is 0 Å². The third-order valence-corrected chi connectivity index (χ3v) is 8.31. The van der Waals surface area contributed by atoms with Crippen LogP contribution in [-0.4, -0.2) is 53.7 Å². The number of hydrogen-bond donors (Lipinski definition) is 0. The topological polar surface area (TPSA) is 78.0 Å². The lowest BCUT2D eigenvalue weighted by atomic mass is 9.84. The lowest BCUT2D eigenvalue weighted by Gasteiger charge is -2.40. The summed E-state index contributed by atoms with van der Waals surface area (Å²) in [5.74, 6) is -0.250. The molecule has 8 heteroatoms. The van der Waals surface area contributed by atoms with Gasteiger partial charge in [-0.15, -0.1) is 11.3 Å². The molecule has 3 atom stereocenters. The van der Waals surface area contributed by atoms with Crippen molar-refractivity contribution in [2.75, 3.05) is 20.8 Å². The first-order valence-electron chi connectivity index (χ1n) is 14.0. The van der Waals surface area contributed by atoms with Crippen LogP contribution in [0, 0.1) is 5.92 Å². The molecule has 41 heavy (non-hydrogen) atoms. The number of rotatable bonds is 8. The van der Waals surface area contributed by atoms with E-state index in [0.717, 1.165) is 16.1 Å². The summed E-state index contributed by atoms with van der Waals surface area (Å²) in [5, 5.41) is 2.66. The first-order valence-corrected chi connectivity index (χ1v) is 14.9. The number of aromatic nitrogens is 1. The largest absolute Gasteiger partial charge is 0.496 e. The van der Waals surface area contributed by atoms with Crippen molar-refractivity contribution in [1.29, 1.82) is 0 Å². The average molecular weight is 579 g/mol. The molecular formula is C33H42N2O5S. The smallest absolute Gasteiger partial charge is 0.332 e. The molecule has 0 aliphatic carbocycles. The third-order valence-electron chi connectivity index (χ3n) is 7.46. The maximum atomic E-state index is 14.8. The molecule has 1 fully saturated rings. The summed E-state index contributed by atoms with van der Waals surface area (Å²) in [6.45, 7) is 12.2. The van der Waals surface area contributed by atoms with Crippen molar-refractivity contribution in [3.8, 4) is 5.75 Å². The van der Waals surface area contributed by atoms with E-state index in [1.807, 2.05) is 68.6 Å². The van der Waals surface area contributed by atoms with Crippen molar-refractivity contribution in [2.24, 2.45) is 5.92 Å². The van der Waals surface area contributed by atoms with E-state index in [2.05, 4.69) is 25.8 Å². The Morgan fingerprint density at radius 2 is 1.76 bits per heavy atom. The summed E-state index contributed by atoms with van der Waals surface area (Å²) in [5.41, 5.74) is 0.156. The van der Waals surface area contributed by atoms with Crippen LogP contribution in [0.15, 0.2) is 60.1 Å². The van der Waals surface area contributed by atoms with E-state index in [-0.39, 0.29) is 17.2 Å². The summed E-state index contributed by atoms with van der Waals surface area (Å²) in [7, 11) is 3.26. The minimum Gasteiger partial charge on any atom is -0.496 e. The molecule has 0 spiro atoms. The van der Waals surface area contributed by atoms with Crippen LogP contribution in [0.3, 0.4) is 0 Å². The Hall–Kier alpha value is -3.23. The van der Waals surface area contributed by atoms with Gasteiger partial charge in [0.1, 0.15) is 21.9 Å². The van der Waals surface area contributed by atoms with Gasteiger partial charge in [0.15, 0.2) is 0 Å². The molecule has 4 rings (SSSR count). The number of carbonyl (C=O) groups excluding carboxylic acids is 2. The summed E-state index contributed by atoms with van der Waals surface area (Å²) < 4.78 is 17.5. The number of esters is 1.